The molecule has 3 rings (SSSR count). The third kappa shape index (κ3) is 6.42. The van der Waals surface area contributed by atoms with Crippen LogP contribution in [0.1, 0.15) is 24.2 Å². The van der Waals surface area contributed by atoms with Crippen LogP contribution in [0.5, 0.6) is 5.75 Å². The van der Waals surface area contributed by atoms with Crippen molar-refractivity contribution in [1.29, 1.82) is 0 Å². The van der Waals surface area contributed by atoms with Crippen molar-refractivity contribution in [1.82, 2.24) is 15.2 Å². The molecule has 10 nitrogen and oxygen atoms in total. The summed E-state index contributed by atoms with van der Waals surface area (Å²) in [5.74, 6) is -1.53. The van der Waals surface area contributed by atoms with Crippen molar-refractivity contribution < 1.29 is 29.0 Å². The van der Waals surface area contributed by atoms with Gasteiger partial charge >= 0.3 is 5.97 Å². The van der Waals surface area contributed by atoms with Crippen molar-refractivity contribution in [3.63, 3.8) is 0 Å². The van der Waals surface area contributed by atoms with Gasteiger partial charge in [-0.05, 0) is 30.2 Å². The van der Waals surface area contributed by atoms with Gasteiger partial charge in [-0.15, -0.1) is 0 Å². The Labute approximate surface area is 191 Å². The Morgan fingerprint density at radius 3 is 2.73 bits per heavy atom. The fourth-order valence-electron chi connectivity index (χ4n) is 3.32. The van der Waals surface area contributed by atoms with Crippen LogP contribution < -0.4 is 15.4 Å². The van der Waals surface area contributed by atoms with Crippen LogP contribution in [0.25, 0.3) is 0 Å². The number of aromatic nitrogens is 1. The molecular weight excluding hydrogens is 428 g/mol. The minimum absolute atomic E-state index is 0.132. The van der Waals surface area contributed by atoms with Crippen LogP contribution >= 0.6 is 0 Å². The highest BCUT2D eigenvalue weighted by atomic mass is 16.5. The fraction of sp³-hybridized carbons (Fsp3) is 0.391. The van der Waals surface area contributed by atoms with Gasteiger partial charge in [-0.3, -0.25) is 9.59 Å². The molecule has 0 aliphatic carbocycles. The van der Waals surface area contributed by atoms with Crippen molar-refractivity contribution in [3.8, 4) is 5.75 Å². The molecule has 1 atom stereocenters. The van der Waals surface area contributed by atoms with Gasteiger partial charge in [-0.2, -0.15) is 0 Å². The number of anilines is 2. The molecule has 176 valence electrons. The maximum absolute atomic E-state index is 13.4. The zero-order valence-electron chi connectivity index (χ0n) is 18.6. The molecule has 0 spiro atoms. The summed E-state index contributed by atoms with van der Waals surface area (Å²) in [4.78, 5) is 43.1. The van der Waals surface area contributed by atoms with E-state index in [9.17, 15) is 19.5 Å². The standard InChI is InChI=1S/C23H28N4O6/c1-15(2)20(23(30)31)26-19(28)14-27-10-11-32-12-13-33-18-8-4-3-7-17(18)25-21-16(22(27)29)6-5-9-24-21/h3-9,15,20H,10-14H2,1-2H3,(H,24,25)(H,26,28)(H,30,31). The molecule has 0 radical (unpaired) electrons. The monoisotopic (exact) mass is 456 g/mol. The SMILES string of the molecule is CC(C)C(NC(=O)CN1CCOCCOc2ccccc2Nc2ncccc2C1=O)C(=O)O. The molecule has 1 aromatic carbocycles. The second-order valence-electron chi connectivity index (χ2n) is 7.84. The average Bonchev–Trinajstić information content (AvgIpc) is 2.80. The largest absolute Gasteiger partial charge is 0.489 e. The van der Waals surface area contributed by atoms with Gasteiger partial charge in [0.05, 0.1) is 31.0 Å². The fourth-order valence-corrected chi connectivity index (χ4v) is 3.32. The van der Waals surface area contributed by atoms with Crippen LogP contribution in [0.2, 0.25) is 0 Å². The molecule has 1 unspecified atom stereocenters. The summed E-state index contributed by atoms with van der Waals surface area (Å²) in [7, 11) is 0. The lowest BCUT2D eigenvalue weighted by molar-refractivity contribution is -0.143. The Hall–Kier alpha value is -3.66. The first-order valence-corrected chi connectivity index (χ1v) is 10.7. The number of amides is 2. The van der Waals surface area contributed by atoms with Gasteiger partial charge in [0.25, 0.3) is 5.91 Å². The van der Waals surface area contributed by atoms with E-state index in [1.54, 1.807) is 38.2 Å². The number of nitrogens with one attached hydrogen (secondary N) is 2. The molecule has 2 amide bonds. The summed E-state index contributed by atoms with van der Waals surface area (Å²) < 4.78 is 11.4. The molecule has 10 heteroatoms. The molecule has 1 aliphatic heterocycles. The second kappa shape index (κ2) is 11.3. The summed E-state index contributed by atoms with van der Waals surface area (Å²) >= 11 is 0. The number of rotatable bonds is 5. The zero-order valence-corrected chi connectivity index (χ0v) is 18.6. The Bertz CT molecular complexity index is 996. The molecule has 1 aliphatic rings. The molecule has 33 heavy (non-hydrogen) atoms. The number of ether oxygens (including phenoxy) is 2. The van der Waals surface area contributed by atoms with Crippen molar-refractivity contribution >= 4 is 29.3 Å². The first-order chi connectivity index (χ1) is 15.9. The minimum Gasteiger partial charge on any atom is -0.489 e. The third-order valence-corrected chi connectivity index (χ3v) is 5.04. The topological polar surface area (TPSA) is 130 Å². The number of aliphatic carboxylic acids is 1. The van der Waals surface area contributed by atoms with Crippen LogP contribution in [-0.4, -0.2) is 71.7 Å². The number of pyridine rings is 1. The molecule has 2 heterocycles. The van der Waals surface area contributed by atoms with Gasteiger partial charge in [-0.1, -0.05) is 26.0 Å². The van der Waals surface area contributed by atoms with Crippen LogP contribution in [0.15, 0.2) is 42.6 Å². The van der Waals surface area contributed by atoms with Crippen LogP contribution in [0, 0.1) is 5.92 Å². The Morgan fingerprint density at radius 2 is 1.97 bits per heavy atom. The number of carboxylic acids is 1. The van der Waals surface area contributed by atoms with Crippen molar-refractivity contribution in [2.75, 3.05) is 38.2 Å². The van der Waals surface area contributed by atoms with Crippen LogP contribution in [-0.2, 0) is 14.3 Å². The Kier molecular flexibility index (Phi) is 8.20. The molecule has 1 aromatic heterocycles. The summed E-state index contributed by atoms with van der Waals surface area (Å²) in [5.41, 5.74) is 0.896. The van der Waals surface area contributed by atoms with Gasteiger partial charge in [0, 0.05) is 12.7 Å². The first-order valence-electron chi connectivity index (χ1n) is 10.7. The lowest BCUT2D eigenvalue weighted by Crippen LogP contribution is -2.49. The van der Waals surface area contributed by atoms with Gasteiger partial charge < -0.3 is 30.1 Å². The molecule has 0 fully saturated rings. The van der Waals surface area contributed by atoms with E-state index in [0.717, 1.165) is 0 Å². The highest BCUT2D eigenvalue weighted by molar-refractivity contribution is 6.01. The predicted molar refractivity (Wildman–Crippen MR) is 121 cm³/mol. The third-order valence-electron chi connectivity index (χ3n) is 5.04. The van der Waals surface area contributed by atoms with Crippen molar-refractivity contribution in [2.45, 2.75) is 19.9 Å². The van der Waals surface area contributed by atoms with E-state index in [1.165, 1.54) is 4.90 Å². The summed E-state index contributed by atoms with van der Waals surface area (Å²) in [6.07, 6.45) is 1.56. The number of hydrogen-bond acceptors (Lipinski definition) is 7. The molecule has 3 N–H and O–H groups in total. The van der Waals surface area contributed by atoms with E-state index in [1.807, 2.05) is 18.2 Å². The highest BCUT2D eigenvalue weighted by Gasteiger charge is 2.27. The normalized spacial score (nSPS) is 15.5. The zero-order chi connectivity index (χ0) is 23.8. The Balaban J connectivity index is 1.87. The molecule has 2 aromatic rings. The number of fused-ring (bicyclic) bond motifs is 2. The number of carboxylic acid groups (broad SMARTS) is 1. The minimum atomic E-state index is -1.13. The van der Waals surface area contributed by atoms with Gasteiger partial charge in [0.2, 0.25) is 5.91 Å². The number of benzene rings is 1. The van der Waals surface area contributed by atoms with Gasteiger partial charge in [0.15, 0.2) is 0 Å². The maximum atomic E-state index is 13.4. The van der Waals surface area contributed by atoms with Crippen molar-refractivity contribution in [3.05, 3.63) is 48.2 Å². The predicted octanol–water partition coefficient (Wildman–Crippen LogP) is 1.90. The van der Waals surface area contributed by atoms with Crippen molar-refractivity contribution in [2.24, 2.45) is 5.92 Å². The van der Waals surface area contributed by atoms with E-state index in [4.69, 9.17) is 9.47 Å². The molecule has 0 saturated carbocycles. The molecular formula is C23H28N4O6. The number of hydrogen-bond donors (Lipinski definition) is 3. The van der Waals surface area contributed by atoms with E-state index in [0.29, 0.717) is 30.5 Å². The molecule has 0 saturated heterocycles. The number of carbonyl (C=O) groups is 3. The highest BCUT2D eigenvalue weighted by Crippen LogP contribution is 2.28. The number of para-hydroxylation sites is 2. The lowest BCUT2D eigenvalue weighted by Gasteiger charge is -2.25. The summed E-state index contributed by atoms with van der Waals surface area (Å²) in [5, 5.41) is 15.0. The maximum Gasteiger partial charge on any atom is 0.326 e. The second-order valence-corrected chi connectivity index (χ2v) is 7.84. The lowest BCUT2D eigenvalue weighted by atomic mass is 10.0. The molecule has 0 bridgehead atoms. The average molecular weight is 456 g/mol. The quantitative estimate of drug-likeness (QED) is 0.622. The summed E-state index contributed by atoms with van der Waals surface area (Å²) in [6, 6.07) is 9.47. The first kappa shape index (κ1) is 24.0. The number of carbonyl (C=O) groups excluding carboxylic acids is 2. The van der Waals surface area contributed by atoms with Crippen LogP contribution in [0.4, 0.5) is 11.5 Å². The van der Waals surface area contributed by atoms with E-state index >= 15 is 0 Å². The van der Waals surface area contributed by atoms with Gasteiger partial charge in [0.1, 0.15) is 24.2 Å². The summed E-state index contributed by atoms with van der Waals surface area (Å²) in [6.45, 7) is 3.99. The Morgan fingerprint density at radius 1 is 1.18 bits per heavy atom. The van der Waals surface area contributed by atoms with E-state index in [2.05, 4.69) is 15.6 Å². The number of nitrogens with zero attached hydrogens (tertiary/aromatic N) is 2. The van der Waals surface area contributed by atoms with Crippen LogP contribution in [0.3, 0.4) is 0 Å². The van der Waals surface area contributed by atoms with E-state index < -0.39 is 23.8 Å². The van der Waals surface area contributed by atoms with Gasteiger partial charge in [-0.25, -0.2) is 9.78 Å². The smallest absolute Gasteiger partial charge is 0.326 e. The van der Waals surface area contributed by atoms with E-state index in [-0.39, 0.29) is 31.2 Å².